The van der Waals surface area contributed by atoms with Crippen molar-refractivity contribution in [2.24, 2.45) is 0 Å². The van der Waals surface area contributed by atoms with E-state index in [2.05, 4.69) is 10.9 Å². The molecule has 1 rings (SSSR count). The Bertz CT molecular complexity index is 266. The molecule has 0 spiro atoms. The van der Waals surface area contributed by atoms with Crippen LogP contribution in [0.15, 0.2) is 12.1 Å². The minimum atomic E-state index is -0.333. The molecular formula is C8H6FN. The van der Waals surface area contributed by atoms with E-state index in [1.165, 1.54) is 12.1 Å². The highest BCUT2D eigenvalue weighted by Crippen LogP contribution is 2.01. The van der Waals surface area contributed by atoms with E-state index in [0.717, 1.165) is 0 Å². The van der Waals surface area contributed by atoms with E-state index < -0.39 is 0 Å². The third kappa shape index (κ3) is 1.32. The number of rotatable bonds is 0. The number of terminal acetylenes is 1. The predicted octanol–water partition coefficient (Wildman–Crippen LogP) is 1.51. The van der Waals surface area contributed by atoms with Crippen LogP contribution in [0.3, 0.4) is 0 Å². The van der Waals surface area contributed by atoms with E-state index >= 15 is 0 Å². The summed E-state index contributed by atoms with van der Waals surface area (Å²) in [5.74, 6) is 1.92. The summed E-state index contributed by atoms with van der Waals surface area (Å²) in [6, 6.07) is 2.56. The van der Waals surface area contributed by atoms with Crippen molar-refractivity contribution in [2.45, 2.75) is 6.92 Å². The maximum absolute atomic E-state index is 12.5. The van der Waals surface area contributed by atoms with E-state index in [0.29, 0.717) is 11.4 Å². The summed E-state index contributed by atoms with van der Waals surface area (Å²) in [5.41, 5.74) is 0.949. The predicted molar refractivity (Wildman–Crippen MR) is 36.9 cm³/mol. The van der Waals surface area contributed by atoms with Crippen LogP contribution in [0.25, 0.3) is 0 Å². The zero-order valence-electron chi connectivity index (χ0n) is 5.56. The maximum atomic E-state index is 12.5. The van der Waals surface area contributed by atoms with Gasteiger partial charge in [0.15, 0.2) is 0 Å². The number of aromatic nitrogens is 1. The molecule has 0 saturated carbocycles. The zero-order chi connectivity index (χ0) is 7.56. The van der Waals surface area contributed by atoms with Crippen LogP contribution in [0.4, 0.5) is 4.39 Å². The summed E-state index contributed by atoms with van der Waals surface area (Å²) >= 11 is 0. The number of nitrogens with zero attached hydrogens (tertiary/aromatic N) is 1. The van der Waals surface area contributed by atoms with Crippen LogP contribution in [0.2, 0.25) is 0 Å². The van der Waals surface area contributed by atoms with E-state index in [-0.39, 0.29) is 5.82 Å². The third-order valence-corrected chi connectivity index (χ3v) is 1.07. The second kappa shape index (κ2) is 2.49. The fourth-order valence-electron chi connectivity index (χ4n) is 0.700. The Morgan fingerprint density at radius 1 is 1.60 bits per heavy atom. The van der Waals surface area contributed by atoms with Crippen LogP contribution in [0.5, 0.6) is 0 Å². The van der Waals surface area contributed by atoms with Crippen molar-refractivity contribution in [2.75, 3.05) is 0 Å². The lowest BCUT2D eigenvalue weighted by Crippen LogP contribution is -1.87. The maximum Gasteiger partial charge on any atom is 0.127 e. The first-order valence-electron chi connectivity index (χ1n) is 2.83. The molecule has 0 radical (unpaired) electrons. The first-order valence-corrected chi connectivity index (χ1v) is 2.83. The van der Waals surface area contributed by atoms with Gasteiger partial charge >= 0.3 is 0 Å². The van der Waals surface area contributed by atoms with Crippen molar-refractivity contribution in [1.29, 1.82) is 0 Å². The largest absolute Gasteiger partial charge is 0.244 e. The minimum Gasteiger partial charge on any atom is -0.244 e. The molecule has 0 N–H and O–H groups in total. The summed E-state index contributed by atoms with van der Waals surface area (Å²) in [7, 11) is 0. The van der Waals surface area contributed by atoms with Gasteiger partial charge in [-0.05, 0) is 13.0 Å². The molecule has 0 saturated heterocycles. The molecule has 0 fully saturated rings. The Balaban J connectivity index is 3.22. The van der Waals surface area contributed by atoms with Crippen LogP contribution in [-0.4, -0.2) is 4.98 Å². The Hall–Kier alpha value is -1.36. The minimum absolute atomic E-state index is 0.333. The third-order valence-electron chi connectivity index (χ3n) is 1.07. The smallest absolute Gasteiger partial charge is 0.127 e. The molecule has 1 aromatic rings. The lowest BCUT2D eigenvalue weighted by atomic mass is 10.3. The highest BCUT2D eigenvalue weighted by Gasteiger charge is 1.94. The topological polar surface area (TPSA) is 12.9 Å². The second-order valence-corrected chi connectivity index (χ2v) is 1.96. The molecule has 0 aliphatic rings. The van der Waals surface area contributed by atoms with Gasteiger partial charge in [0.25, 0.3) is 0 Å². The summed E-state index contributed by atoms with van der Waals surface area (Å²) < 4.78 is 12.5. The monoisotopic (exact) mass is 135 g/mol. The Labute approximate surface area is 58.9 Å². The quantitative estimate of drug-likeness (QED) is 0.491. The standard InChI is InChI=1S/C8H6FN/c1-3-8-5-7(9)4-6(2)10-8/h1,4-5H,2H3. The van der Waals surface area contributed by atoms with Gasteiger partial charge in [0.05, 0.1) is 0 Å². The van der Waals surface area contributed by atoms with E-state index in [1.807, 2.05) is 0 Å². The molecule has 0 atom stereocenters. The second-order valence-electron chi connectivity index (χ2n) is 1.96. The van der Waals surface area contributed by atoms with Gasteiger partial charge in [0.2, 0.25) is 0 Å². The van der Waals surface area contributed by atoms with Crippen LogP contribution < -0.4 is 0 Å². The van der Waals surface area contributed by atoms with Crippen LogP contribution in [0.1, 0.15) is 11.4 Å². The number of hydrogen-bond donors (Lipinski definition) is 0. The van der Waals surface area contributed by atoms with Crippen LogP contribution in [0, 0.1) is 25.1 Å². The molecule has 1 aromatic heterocycles. The molecule has 0 aliphatic carbocycles. The molecule has 50 valence electrons. The number of pyridine rings is 1. The van der Waals surface area contributed by atoms with Gasteiger partial charge in [-0.15, -0.1) is 6.42 Å². The van der Waals surface area contributed by atoms with E-state index in [1.54, 1.807) is 6.92 Å². The zero-order valence-corrected chi connectivity index (χ0v) is 5.56. The van der Waals surface area contributed by atoms with Gasteiger partial charge in [0.1, 0.15) is 11.5 Å². The average molecular weight is 135 g/mol. The molecule has 0 aromatic carbocycles. The molecule has 1 heterocycles. The van der Waals surface area contributed by atoms with Gasteiger partial charge in [0, 0.05) is 11.8 Å². The van der Waals surface area contributed by atoms with Crippen molar-refractivity contribution in [3.8, 4) is 12.3 Å². The number of halogens is 1. The first-order chi connectivity index (χ1) is 4.72. The Morgan fingerprint density at radius 2 is 2.30 bits per heavy atom. The SMILES string of the molecule is C#Cc1cc(F)cc(C)n1. The summed E-state index contributed by atoms with van der Waals surface area (Å²) in [4.78, 5) is 3.88. The molecular weight excluding hydrogens is 129 g/mol. The molecule has 2 heteroatoms. The molecule has 0 bridgehead atoms. The highest BCUT2D eigenvalue weighted by molar-refractivity contribution is 5.26. The average Bonchev–Trinajstić information content (AvgIpc) is 1.85. The summed E-state index contributed by atoms with van der Waals surface area (Å²) in [6.45, 7) is 1.70. The van der Waals surface area contributed by atoms with Crippen LogP contribution in [-0.2, 0) is 0 Å². The summed E-state index contributed by atoms with van der Waals surface area (Å²) in [6.07, 6.45) is 5.01. The lowest BCUT2D eigenvalue weighted by Gasteiger charge is -1.92. The number of aryl methyl sites for hydroxylation is 1. The van der Waals surface area contributed by atoms with Crippen molar-refractivity contribution in [3.63, 3.8) is 0 Å². The number of hydrogen-bond acceptors (Lipinski definition) is 1. The molecule has 1 nitrogen and oxygen atoms in total. The Morgan fingerprint density at radius 3 is 2.80 bits per heavy atom. The van der Waals surface area contributed by atoms with E-state index in [9.17, 15) is 4.39 Å². The fraction of sp³-hybridized carbons (Fsp3) is 0.125. The molecule has 0 aliphatic heterocycles. The highest BCUT2D eigenvalue weighted by atomic mass is 19.1. The molecule has 0 unspecified atom stereocenters. The normalized spacial score (nSPS) is 8.90. The van der Waals surface area contributed by atoms with Gasteiger partial charge in [-0.1, -0.05) is 5.92 Å². The van der Waals surface area contributed by atoms with Crippen molar-refractivity contribution in [3.05, 3.63) is 29.3 Å². The van der Waals surface area contributed by atoms with Crippen molar-refractivity contribution < 1.29 is 4.39 Å². The van der Waals surface area contributed by atoms with Crippen molar-refractivity contribution in [1.82, 2.24) is 4.98 Å². The fourth-order valence-corrected chi connectivity index (χ4v) is 0.700. The van der Waals surface area contributed by atoms with E-state index in [4.69, 9.17) is 6.42 Å². The van der Waals surface area contributed by atoms with Crippen LogP contribution >= 0.6 is 0 Å². The van der Waals surface area contributed by atoms with Gasteiger partial charge < -0.3 is 0 Å². The van der Waals surface area contributed by atoms with Gasteiger partial charge in [-0.25, -0.2) is 9.37 Å². The molecule has 0 amide bonds. The van der Waals surface area contributed by atoms with Crippen molar-refractivity contribution >= 4 is 0 Å². The Kier molecular flexibility index (Phi) is 1.68. The summed E-state index contributed by atoms with van der Waals surface area (Å²) in [5, 5.41) is 0. The first kappa shape index (κ1) is 6.76. The lowest BCUT2D eigenvalue weighted by molar-refractivity contribution is 0.623. The van der Waals surface area contributed by atoms with Gasteiger partial charge in [-0.2, -0.15) is 0 Å². The van der Waals surface area contributed by atoms with Gasteiger partial charge in [-0.3, -0.25) is 0 Å². The molecule has 10 heavy (non-hydrogen) atoms.